The fraction of sp³-hybridized carbons (Fsp3) is 1.00. The van der Waals surface area contributed by atoms with Gasteiger partial charge >= 0.3 is 0 Å². The summed E-state index contributed by atoms with van der Waals surface area (Å²) in [5.74, 6) is 1.72. The van der Waals surface area contributed by atoms with Gasteiger partial charge in [0.1, 0.15) is 0 Å². The van der Waals surface area contributed by atoms with E-state index in [0.29, 0.717) is 0 Å². The van der Waals surface area contributed by atoms with Crippen LogP contribution in [0.25, 0.3) is 0 Å². The normalized spacial score (nSPS) is 55.3. The summed E-state index contributed by atoms with van der Waals surface area (Å²) in [5.41, 5.74) is 0.181. The van der Waals surface area contributed by atoms with Gasteiger partial charge in [-0.05, 0) is 57.3 Å². The molecular weight excluding hydrogens is 196 g/mol. The molecule has 4 aliphatic rings. The first kappa shape index (κ1) is 9.47. The van der Waals surface area contributed by atoms with E-state index in [1.165, 1.54) is 32.1 Å². The summed E-state index contributed by atoms with van der Waals surface area (Å²) in [7, 11) is 0. The minimum atomic E-state index is 0.110. The molecule has 4 bridgehead atoms. The smallest absolute Gasteiger partial charge is 0.0704 e. The van der Waals surface area contributed by atoms with Crippen molar-refractivity contribution in [1.82, 2.24) is 0 Å². The van der Waals surface area contributed by atoms with Crippen molar-refractivity contribution in [2.75, 3.05) is 6.61 Å². The lowest BCUT2D eigenvalue weighted by molar-refractivity contribution is -0.152. The number of alkyl halides is 1. The molecule has 0 aromatic heterocycles. The Hall–Kier alpha value is 0.250. The lowest BCUT2D eigenvalue weighted by Crippen LogP contribution is -2.57. The molecule has 0 aromatic rings. The number of ether oxygens (including phenoxy) is 1. The first-order valence-corrected chi connectivity index (χ1v) is 6.34. The van der Waals surface area contributed by atoms with Crippen molar-refractivity contribution in [3.05, 3.63) is 0 Å². The second-order valence-corrected chi connectivity index (χ2v) is 6.53. The highest BCUT2D eigenvalue weighted by molar-refractivity contribution is 6.24. The van der Waals surface area contributed by atoms with Crippen LogP contribution in [0.5, 0.6) is 0 Å². The Bertz CT molecular complexity index is 237. The predicted molar refractivity (Wildman–Crippen MR) is 57.6 cm³/mol. The summed E-state index contributed by atoms with van der Waals surface area (Å²) >= 11 is 6.68. The number of halogens is 1. The molecule has 2 heteroatoms. The third-order valence-corrected chi connectivity index (χ3v) is 4.83. The van der Waals surface area contributed by atoms with E-state index >= 15 is 0 Å². The molecule has 0 saturated heterocycles. The molecule has 80 valence electrons. The van der Waals surface area contributed by atoms with E-state index in [-0.39, 0.29) is 10.5 Å². The van der Waals surface area contributed by atoms with Crippen LogP contribution in [0.3, 0.4) is 0 Å². The van der Waals surface area contributed by atoms with Crippen LogP contribution in [0, 0.1) is 11.8 Å². The molecule has 0 heterocycles. The molecule has 0 aromatic carbocycles. The van der Waals surface area contributed by atoms with Gasteiger partial charge < -0.3 is 4.74 Å². The van der Waals surface area contributed by atoms with Gasteiger partial charge in [0.25, 0.3) is 0 Å². The van der Waals surface area contributed by atoms with Crippen LogP contribution in [-0.2, 0) is 4.74 Å². The highest BCUT2D eigenvalue weighted by atomic mass is 35.5. The van der Waals surface area contributed by atoms with Crippen molar-refractivity contribution >= 4 is 11.6 Å². The van der Waals surface area contributed by atoms with Gasteiger partial charge in [-0.1, -0.05) is 0 Å². The molecule has 4 fully saturated rings. The second-order valence-electron chi connectivity index (χ2n) is 5.73. The van der Waals surface area contributed by atoms with E-state index in [1.54, 1.807) is 0 Å². The lowest BCUT2D eigenvalue weighted by atomic mass is 9.54. The number of rotatable bonds is 2. The van der Waals surface area contributed by atoms with Gasteiger partial charge in [-0.15, -0.1) is 11.6 Å². The number of hydrogen-bond donors (Lipinski definition) is 0. The number of hydrogen-bond acceptors (Lipinski definition) is 1. The molecule has 0 N–H and O–H groups in total. The minimum absolute atomic E-state index is 0.110. The molecule has 0 aliphatic heterocycles. The molecule has 4 aliphatic carbocycles. The Morgan fingerprint density at radius 2 is 1.86 bits per heavy atom. The molecule has 0 amide bonds. The average molecular weight is 215 g/mol. The molecule has 2 unspecified atom stereocenters. The Kier molecular flexibility index (Phi) is 1.95. The first-order valence-electron chi connectivity index (χ1n) is 5.96. The van der Waals surface area contributed by atoms with E-state index in [0.717, 1.165) is 24.9 Å². The fourth-order valence-corrected chi connectivity index (χ4v) is 5.22. The van der Waals surface area contributed by atoms with Gasteiger partial charge in [0.15, 0.2) is 0 Å². The van der Waals surface area contributed by atoms with Gasteiger partial charge in [0.05, 0.1) is 5.60 Å². The van der Waals surface area contributed by atoms with Gasteiger partial charge in [0, 0.05) is 11.5 Å². The van der Waals surface area contributed by atoms with E-state index in [4.69, 9.17) is 16.3 Å². The summed E-state index contributed by atoms with van der Waals surface area (Å²) in [4.78, 5) is 0.110. The average Bonchev–Trinajstić information content (AvgIpc) is 1.97. The van der Waals surface area contributed by atoms with Crippen LogP contribution in [0.1, 0.15) is 45.4 Å². The zero-order chi connectivity index (χ0) is 9.81. The summed E-state index contributed by atoms with van der Waals surface area (Å²) in [5, 5.41) is 0. The molecule has 14 heavy (non-hydrogen) atoms. The maximum atomic E-state index is 6.68. The van der Waals surface area contributed by atoms with E-state index in [2.05, 4.69) is 6.92 Å². The maximum absolute atomic E-state index is 6.68. The first-order chi connectivity index (χ1) is 6.63. The van der Waals surface area contributed by atoms with E-state index in [1.807, 2.05) is 0 Å². The summed E-state index contributed by atoms with van der Waals surface area (Å²) in [6.45, 7) is 2.96. The maximum Gasteiger partial charge on any atom is 0.0704 e. The Labute approximate surface area is 91.2 Å². The molecule has 4 rings (SSSR count). The topological polar surface area (TPSA) is 9.23 Å². The molecule has 0 spiro atoms. The van der Waals surface area contributed by atoms with Crippen LogP contribution in [-0.4, -0.2) is 17.1 Å². The van der Waals surface area contributed by atoms with Gasteiger partial charge in [-0.3, -0.25) is 0 Å². The Morgan fingerprint density at radius 3 is 2.36 bits per heavy atom. The van der Waals surface area contributed by atoms with Gasteiger partial charge in [-0.2, -0.15) is 0 Å². The zero-order valence-corrected chi connectivity index (χ0v) is 9.65. The molecule has 1 nitrogen and oxygen atoms in total. The molecule has 2 atom stereocenters. The molecule has 4 saturated carbocycles. The van der Waals surface area contributed by atoms with Crippen molar-refractivity contribution in [2.24, 2.45) is 11.8 Å². The highest BCUT2D eigenvalue weighted by Gasteiger charge is 2.57. The predicted octanol–water partition coefficient (Wildman–Crippen LogP) is 3.35. The fourth-order valence-electron chi connectivity index (χ4n) is 4.54. The lowest BCUT2D eigenvalue weighted by Gasteiger charge is -2.59. The largest absolute Gasteiger partial charge is 0.375 e. The monoisotopic (exact) mass is 214 g/mol. The summed E-state index contributed by atoms with van der Waals surface area (Å²) in [6, 6.07) is 0. The zero-order valence-electron chi connectivity index (χ0n) is 8.89. The van der Waals surface area contributed by atoms with Crippen LogP contribution in [0.4, 0.5) is 0 Å². The van der Waals surface area contributed by atoms with E-state index in [9.17, 15) is 0 Å². The van der Waals surface area contributed by atoms with Crippen molar-refractivity contribution in [2.45, 2.75) is 55.9 Å². The Balaban J connectivity index is 1.89. The summed E-state index contributed by atoms with van der Waals surface area (Å²) in [6.07, 6.45) is 7.60. The molecule has 0 radical (unpaired) electrons. The van der Waals surface area contributed by atoms with Gasteiger partial charge in [0.2, 0.25) is 0 Å². The Morgan fingerprint density at radius 1 is 1.21 bits per heavy atom. The third kappa shape index (κ3) is 1.32. The van der Waals surface area contributed by atoms with Crippen molar-refractivity contribution < 1.29 is 4.74 Å². The van der Waals surface area contributed by atoms with Crippen molar-refractivity contribution in [3.63, 3.8) is 0 Å². The van der Waals surface area contributed by atoms with Crippen LogP contribution in [0.2, 0.25) is 0 Å². The highest BCUT2D eigenvalue weighted by Crippen LogP contribution is 2.61. The minimum Gasteiger partial charge on any atom is -0.375 e. The van der Waals surface area contributed by atoms with E-state index < -0.39 is 0 Å². The van der Waals surface area contributed by atoms with Crippen LogP contribution in [0.15, 0.2) is 0 Å². The van der Waals surface area contributed by atoms with Crippen LogP contribution < -0.4 is 0 Å². The summed E-state index contributed by atoms with van der Waals surface area (Å²) < 4.78 is 6.02. The SMILES string of the molecule is CCOC12CC3CC(CC(Cl)(C3)C1)C2. The molecular formula is C12H19ClO. The quantitative estimate of drug-likeness (QED) is 0.641. The third-order valence-electron chi connectivity index (χ3n) is 4.39. The second kappa shape index (κ2) is 2.89. The van der Waals surface area contributed by atoms with Gasteiger partial charge in [-0.25, -0.2) is 0 Å². The van der Waals surface area contributed by atoms with Crippen molar-refractivity contribution in [3.8, 4) is 0 Å². The van der Waals surface area contributed by atoms with Crippen molar-refractivity contribution in [1.29, 1.82) is 0 Å². The van der Waals surface area contributed by atoms with Crippen LogP contribution >= 0.6 is 11.6 Å². The standard InChI is InChI=1S/C12H19ClO/c1-2-14-12-6-9-3-10(7-12)5-11(13,4-9)8-12/h9-10H,2-8H2,1H3.